The molecule has 0 saturated heterocycles. The highest BCUT2D eigenvalue weighted by molar-refractivity contribution is 7.80. The van der Waals surface area contributed by atoms with Gasteiger partial charge in [-0.1, -0.05) is 12.1 Å². The summed E-state index contributed by atoms with van der Waals surface area (Å²) in [6, 6.07) is 15.5. The van der Waals surface area contributed by atoms with E-state index in [4.69, 9.17) is 9.47 Å². The van der Waals surface area contributed by atoms with Gasteiger partial charge in [-0.15, -0.1) is 12.6 Å². The fourth-order valence-electron chi connectivity index (χ4n) is 2.23. The zero-order chi connectivity index (χ0) is 15.5. The molecule has 0 bridgehead atoms. The number of aromatic nitrogens is 2. The van der Waals surface area contributed by atoms with Crippen molar-refractivity contribution in [1.29, 1.82) is 0 Å². The summed E-state index contributed by atoms with van der Waals surface area (Å²) in [7, 11) is 3.30. The molecule has 1 heterocycles. The maximum Gasteiger partial charge on any atom is 0.139 e. The highest BCUT2D eigenvalue weighted by atomic mass is 32.1. The number of H-pyrrole nitrogens is 1. The van der Waals surface area contributed by atoms with E-state index in [2.05, 4.69) is 22.6 Å². The average Bonchev–Trinajstić information content (AvgIpc) is 2.97. The minimum Gasteiger partial charge on any atom is -0.497 e. The fourth-order valence-corrected chi connectivity index (χ4v) is 2.52. The monoisotopic (exact) mass is 312 g/mol. The van der Waals surface area contributed by atoms with E-state index in [0.29, 0.717) is 5.03 Å². The van der Waals surface area contributed by atoms with E-state index < -0.39 is 0 Å². The molecule has 0 saturated carbocycles. The Labute approximate surface area is 134 Å². The number of hydrogen-bond donors (Lipinski definition) is 2. The molecule has 0 amide bonds. The molecule has 0 aliphatic carbocycles. The number of rotatable bonds is 4. The summed E-state index contributed by atoms with van der Waals surface area (Å²) in [5, 5.41) is 0.656. The Bertz CT molecular complexity index is 782. The summed E-state index contributed by atoms with van der Waals surface area (Å²) >= 11 is 4.47. The van der Waals surface area contributed by atoms with Crippen molar-refractivity contribution in [2.75, 3.05) is 14.2 Å². The van der Waals surface area contributed by atoms with Gasteiger partial charge in [0.25, 0.3) is 0 Å². The molecule has 0 spiro atoms. The Hall–Kier alpha value is -2.40. The molecule has 112 valence electrons. The van der Waals surface area contributed by atoms with Gasteiger partial charge in [0.05, 0.1) is 19.9 Å². The topological polar surface area (TPSA) is 47.1 Å². The van der Waals surface area contributed by atoms with Gasteiger partial charge in [-0.25, -0.2) is 4.98 Å². The van der Waals surface area contributed by atoms with Crippen LogP contribution in [0.4, 0.5) is 0 Å². The van der Waals surface area contributed by atoms with Crippen LogP contribution in [0.1, 0.15) is 0 Å². The first-order valence-corrected chi connectivity index (χ1v) is 7.24. The second-order valence-corrected chi connectivity index (χ2v) is 5.17. The lowest BCUT2D eigenvalue weighted by Crippen LogP contribution is -1.85. The summed E-state index contributed by atoms with van der Waals surface area (Å²) in [6.45, 7) is 0. The Balaban J connectivity index is 1.99. The minimum atomic E-state index is 0.656. The van der Waals surface area contributed by atoms with E-state index in [-0.39, 0.29) is 0 Å². The van der Waals surface area contributed by atoms with Crippen LogP contribution in [0, 0.1) is 0 Å². The number of nitrogens with one attached hydrogen (secondary N) is 1. The third-order valence-corrected chi connectivity index (χ3v) is 3.73. The molecule has 0 fully saturated rings. The number of methoxy groups -OCH3 is 2. The quantitative estimate of drug-likeness (QED) is 0.715. The lowest BCUT2D eigenvalue weighted by Gasteiger charge is -2.03. The van der Waals surface area contributed by atoms with Gasteiger partial charge in [0, 0.05) is 11.1 Å². The van der Waals surface area contributed by atoms with Gasteiger partial charge in [0.15, 0.2) is 0 Å². The smallest absolute Gasteiger partial charge is 0.139 e. The molecule has 4 nitrogen and oxygen atoms in total. The number of benzene rings is 2. The average molecular weight is 312 g/mol. The Kier molecular flexibility index (Phi) is 4.06. The molecule has 0 radical (unpaired) electrons. The Morgan fingerprint density at radius 1 is 0.909 bits per heavy atom. The van der Waals surface area contributed by atoms with Crippen LogP contribution in [0.2, 0.25) is 0 Å². The first-order valence-electron chi connectivity index (χ1n) is 6.79. The van der Waals surface area contributed by atoms with Crippen molar-refractivity contribution in [1.82, 2.24) is 9.97 Å². The van der Waals surface area contributed by atoms with E-state index in [9.17, 15) is 0 Å². The predicted molar refractivity (Wildman–Crippen MR) is 89.8 cm³/mol. The van der Waals surface area contributed by atoms with Gasteiger partial charge in [0.2, 0.25) is 0 Å². The van der Waals surface area contributed by atoms with Crippen molar-refractivity contribution in [3.05, 3.63) is 48.5 Å². The third kappa shape index (κ3) is 2.80. The summed E-state index contributed by atoms with van der Waals surface area (Å²) in [4.78, 5) is 7.82. The molecule has 0 aliphatic heterocycles. The van der Waals surface area contributed by atoms with Crippen molar-refractivity contribution >= 4 is 12.6 Å². The molecule has 1 aromatic heterocycles. The third-order valence-electron chi connectivity index (χ3n) is 3.41. The van der Waals surface area contributed by atoms with Gasteiger partial charge in [-0.3, -0.25) is 0 Å². The molecule has 2 aromatic carbocycles. The lowest BCUT2D eigenvalue weighted by atomic mass is 10.1. The van der Waals surface area contributed by atoms with Crippen LogP contribution in [0.25, 0.3) is 22.6 Å². The summed E-state index contributed by atoms with van der Waals surface area (Å²) in [5.74, 6) is 2.37. The Morgan fingerprint density at radius 3 is 2.32 bits per heavy atom. The van der Waals surface area contributed by atoms with E-state index in [1.54, 1.807) is 14.2 Å². The van der Waals surface area contributed by atoms with Crippen LogP contribution in [0.3, 0.4) is 0 Å². The van der Waals surface area contributed by atoms with Gasteiger partial charge >= 0.3 is 0 Å². The largest absolute Gasteiger partial charge is 0.497 e. The van der Waals surface area contributed by atoms with Crippen LogP contribution < -0.4 is 9.47 Å². The van der Waals surface area contributed by atoms with Crippen molar-refractivity contribution in [3.8, 4) is 34.1 Å². The summed E-state index contributed by atoms with van der Waals surface area (Å²) < 4.78 is 10.4. The SMILES string of the molecule is COc1ccc(-c2[nH]c(-c3cccc(OC)c3)nc2S)cc1. The molecule has 1 N–H and O–H groups in total. The van der Waals surface area contributed by atoms with E-state index >= 15 is 0 Å². The molecule has 0 aliphatic rings. The van der Waals surface area contributed by atoms with Gasteiger partial charge in [-0.05, 0) is 36.4 Å². The maximum atomic E-state index is 5.25. The highest BCUT2D eigenvalue weighted by Gasteiger charge is 2.11. The van der Waals surface area contributed by atoms with Gasteiger partial charge in [0.1, 0.15) is 22.3 Å². The van der Waals surface area contributed by atoms with Crippen LogP contribution in [-0.2, 0) is 0 Å². The molecular formula is C17H16N2O2S. The number of imidazole rings is 1. The summed E-state index contributed by atoms with van der Waals surface area (Å²) in [6.07, 6.45) is 0. The molecule has 3 aromatic rings. The molecular weight excluding hydrogens is 296 g/mol. The maximum absolute atomic E-state index is 5.25. The fraction of sp³-hybridized carbons (Fsp3) is 0.118. The van der Waals surface area contributed by atoms with Crippen LogP contribution >= 0.6 is 12.6 Å². The zero-order valence-electron chi connectivity index (χ0n) is 12.3. The molecule has 0 atom stereocenters. The molecule has 22 heavy (non-hydrogen) atoms. The van der Waals surface area contributed by atoms with E-state index in [1.165, 1.54) is 0 Å². The van der Waals surface area contributed by atoms with E-state index in [1.807, 2.05) is 48.5 Å². The van der Waals surface area contributed by atoms with Crippen molar-refractivity contribution in [2.24, 2.45) is 0 Å². The normalized spacial score (nSPS) is 10.5. The standard InChI is InChI=1S/C17H16N2O2S/c1-20-13-8-6-11(7-9-13)15-17(22)19-16(18-15)12-4-3-5-14(10-12)21-2/h3-10,22H,1-2H3,(H,18,19). The van der Waals surface area contributed by atoms with Crippen LogP contribution in [-0.4, -0.2) is 24.2 Å². The molecule has 0 unspecified atom stereocenters. The second-order valence-electron chi connectivity index (χ2n) is 4.74. The van der Waals surface area contributed by atoms with E-state index in [0.717, 1.165) is 34.1 Å². The first kappa shape index (κ1) is 14.5. The van der Waals surface area contributed by atoms with Crippen molar-refractivity contribution in [3.63, 3.8) is 0 Å². The zero-order valence-corrected chi connectivity index (χ0v) is 13.2. The number of nitrogens with zero attached hydrogens (tertiary/aromatic N) is 1. The minimum absolute atomic E-state index is 0.656. The molecule has 5 heteroatoms. The first-order chi connectivity index (χ1) is 10.7. The Morgan fingerprint density at radius 2 is 1.64 bits per heavy atom. The van der Waals surface area contributed by atoms with Gasteiger partial charge in [-0.2, -0.15) is 0 Å². The second kappa shape index (κ2) is 6.15. The van der Waals surface area contributed by atoms with Crippen molar-refractivity contribution < 1.29 is 9.47 Å². The number of aromatic amines is 1. The lowest BCUT2D eigenvalue weighted by molar-refractivity contribution is 0.415. The van der Waals surface area contributed by atoms with Gasteiger partial charge < -0.3 is 14.5 Å². The summed E-state index contributed by atoms with van der Waals surface area (Å²) in [5.41, 5.74) is 2.84. The number of ether oxygens (including phenoxy) is 2. The molecule has 3 rings (SSSR count). The predicted octanol–water partition coefficient (Wildman–Crippen LogP) is 4.05. The number of hydrogen-bond acceptors (Lipinski definition) is 4. The van der Waals surface area contributed by atoms with Crippen molar-refractivity contribution in [2.45, 2.75) is 5.03 Å². The van der Waals surface area contributed by atoms with Crippen LogP contribution in [0.15, 0.2) is 53.6 Å². The number of thiol groups is 1. The van der Waals surface area contributed by atoms with Crippen LogP contribution in [0.5, 0.6) is 11.5 Å². The highest BCUT2D eigenvalue weighted by Crippen LogP contribution is 2.30.